The van der Waals surface area contributed by atoms with Crippen LogP contribution in [0.2, 0.25) is 0 Å². The number of pyridine rings is 1. The van der Waals surface area contributed by atoms with Crippen molar-refractivity contribution in [1.82, 2.24) is 4.98 Å². The number of carbonyl (C=O) groups excluding carboxylic acids is 1. The van der Waals surface area contributed by atoms with E-state index in [1.54, 1.807) is 0 Å². The minimum Gasteiger partial charge on any atom is -0.482 e. The fraction of sp³-hybridized carbons (Fsp3) is 0.0909. The molecule has 92 valence electrons. The zero-order chi connectivity index (χ0) is 12.9. The van der Waals surface area contributed by atoms with Gasteiger partial charge in [-0.2, -0.15) is 8.42 Å². The van der Waals surface area contributed by atoms with Crippen LogP contribution in [0.15, 0.2) is 29.3 Å². The number of benzene rings is 1. The maximum atomic E-state index is 13.2. The molecular weight excluding hydrogens is 261 g/mol. The van der Waals surface area contributed by atoms with Gasteiger partial charge in [0.1, 0.15) is 10.4 Å². The second kappa shape index (κ2) is 3.49. The van der Waals surface area contributed by atoms with E-state index in [2.05, 4.69) is 4.98 Å². The Bertz CT molecular complexity index is 785. The van der Waals surface area contributed by atoms with E-state index in [1.165, 1.54) is 18.3 Å². The molecule has 0 atom stereocenters. The van der Waals surface area contributed by atoms with Gasteiger partial charge in [0, 0.05) is 11.6 Å². The quantitative estimate of drug-likeness (QED) is 0.731. The minimum atomic E-state index is -4.92. The summed E-state index contributed by atoms with van der Waals surface area (Å²) in [6.07, 6.45) is 1.42. The number of fused-ring (bicyclic) bond motifs is 3. The molecule has 5 nitrogen and oxygen atoms in total. The number of halogens is 1. The minimum absolute atomic E-state index is 0.0532. The average Bonchev–Trinajstić information content (AvgIpc) is 2.69. The summed E-state index contributed by atoms with van der Waals surface area (Å²) in [6, 6.07) is 3.91. The zero-order valence-corrected chi connectivity index (χ0v) is 9.70. The van der Waals surface area contributed by atoms with Crippen LogP contribution in [0, 0.1) is 0 Å². The molecule has 0 radical (unpaired) electrons. The van der Waals surface area contributed by atoms with Crippen LogP contribution in [0.1, 0.15) is 10.4 Å². The first-order chi connectivity index (χ1) is 8.48. The number of nitrogens with zero attached hydrogens (tertiary/aromatic N) is 1. The fourth-order valence-corrected chi connectivity index (χ4v) is 2.64. The fourth-order valence-electron chi connectivity index (χ4n) is 1.96. The smallest absolute Gasteiger partial charge is 0.332 e. The normalized spacial score (nSPS) is 14.6. The van der Waals surface area contributed by atoms with Crippen LogP contribution >= 0.6 is 0 Å². The Morgan fingerprint density at radius 3 is 2.89 bits per heavy atom. The van der Waals surface area contributed by atoms with Gasteiger partial charge >= 0.3 is 10.2 Å². The Morgan fingerprint density at radius 2 is 2.17 bits per heavy atom. The Labute approximate surface area is 101 Å². The number of aromatic nitrogens is 1. The molecule has 7 heteroatoms. The lowest BCUT2D eigenvalue weighted by atomic mass is 10.1. The topological polar surface area (TPSA) is 73.3 Å². The molecule has 0 N–H and O–H groups in total. The summed E-state index contributed by atoms with van der Waals surface area (Å²) in [5.74, 6) is -0.176. The van der Waals surface area contributed by atoms with E-state index in [1.807, 2.05) is 0 Å². The van der Waals surface area contributed by atoms with E-state index in [9.17, 15) is 17.1 Å². The summed E-state index contributed by atoms with van der Waals surface area (Å²) in [4.78, 5) is 14.9. The number of ether oxygens (including phenoxy) is 1. The summed E-state index contributed by atoms with van der Waals surface area (Å²) >= 11 is 0. The lowest BCUT2D eigenvalue weighted by molar-refractivity contribution is 0.0961. The highest BCUT2D eigenvalue weighted by molar-refractivity contribution is 7.86. The molecule has 1 aromatic carbocycles. The van der Waals surface area contributed by atoms with Crippen molar-refractivity contribution in [3.63, 3.8) is 0 Å². The van der Waals surface area contributed by atoms with Gasteiger partial charge in [0.2, 0.25) is 5.78 Å². The molecule has 0 aliphatic carbocycles. The van der Waals surface area contributed by atoms with Gasteiger partial charge < -0.3 is 4.74 Å². The lowest BCUT2D eigenvalue weighted by Gasteiger charge is -2.06. The van der Waals surface area contributed by atoms with Gasteiger partial charge in [-0.1, -0.05) is 0 Å². The molecule has 2 heterocycles. The third-order valence-corrected chi connectivity index (χ3v) is 3.58. The summed E-state index contributed by atoms with van der Waals surface area (Å²) in [5.41, 5.74) is 0.231. The Balaban J connectivity index is 2.53. The number of hydrogen-bond donors (Lipinski definition) is 0. The molecule has 0 saturated carbocycles. The van der Waals surface area contributed by atoms with E-state index < -0.39 is 15.1 Å². The van der Waals surface area contributed by atoms with Crippen LogP contribution < -0.4 is 4.74 Å². The number of Topliss-reactive ketones (excluding diaryl/α,β-unsaturated/α-hetero) is 1. The van der Waals surface area contributed by atoms with Gasteiger partial charge in [-0.05, 0) is 18.2 Å². The first kappa shape index (κ1) is 11.1. The van der Waals surface area contributed by atoms with Crippen molar-refractivity contribution in [3.05, 3.63) is 30.0 Å². The molecule has 0 saturated heterocycles. The van der Waals surface area contributed by atoms with E-state index in [4.69, 9.17) is 4.74 Å². The Kier molecular flexibility index (Phi) is 2.15. The SMILES string of the molecule is O=C1COc2c1cc(S(=O)(=O)F)c1cccnc21. The lowest BCUT2D eigenvalue weighted by Crippen LogP contribution is -2.00. The van der Waals surface area contributed by atoms with Crippen molar-refractivity contribution in [1.29, 1.82) is 0 Å². The zero-order valence-electron chi connectivity index (χ0n) is 8.88. The van der Waals surface area contributed by atoms with Crippen LogP contribution in [0.3, 0.4) is 0 Å². The largest absolute Gasteiger partial charge is 0.482 e. The molecule has 2 aromatic rings. The van der Waals surface area contributed by atoms with E-state index in [-0.39, 0.29) is 34.6 Å². The molecule has 1 aliphatic heterocycles. The second-order valence-electron chi connectivity index (χ2n) is 3.80. The highest BCUT2D eigenvalue weighted by Crippen LogP contribution is 2.37. The molecule has 3 rings (SSSR count). The van der Waals surface area contributed by atoms with E-state index in [0.717, 1.165) is 6.07 Å². The third kappa shape index (κ3) is 1.47. The van der Waals surface area contributed by atoms with Crippen molar-refractivity contribution in [2.24, 2.45) is 0 Å². The molecule has 0 unspecified atom stereocenters. The predicted octanol–water partition coefficient (Wildman–Crippen LogP) is 1.47. The van der Waals surface area contributed by atoms with Crippen molar-refractivity contribution in [3.8, 4) is 5.75 Å². The van der Waals surface area contributed by atoms with Gasteiger partial charge in [0.25, 0.3) is 0 Å². The van der Waals surface area contributed by atoms with Gasteiger partial charge in [0.05, 0.1) is 5.56 Å². The van der Waals surface area contributed by atoms with Crippen LogP contribution in [-0.4, -0.2) is 25.8 Å². The summed E-state index contributed by atoms with van der Waals surface area (Å²) in [5, 5.41) is 0.105. The number of ketones is 1. The Hall–Kier alpha value is -2.02. The molecule has 0 spiro atoms. The summed E-state index contributed by atoms with van der Waals surface area (Å²) < 4.78 is 40.6. The van der Waals surface area contributed by atoms with Gasteiger partial charge in [-0.25, -0.2) is 0 Å². The Morgan fingerprint density at radius 1 is 1.39 bits per heavy atom. The monoisotopic (exact) mass is 267 g/mol. The van der Waals surface area contributed by atoms with E-state index in [0.29, 0.717) is 0 Å². The van der Waals surface area contributed by atoms with Gasteiger partial charge in [0.15, 0.2) is 12.4 Å². The maximum Gasteiger partial charge on any atom is 0.332 e. The molecule has 0 amide bonds. The van der Waals surface area contributed by atoms with Crippen LogP contribution in [0.25, 0.3) is 10.9 Å². The molecular formula is C11H6FNO4S. The second-order valence-corrected chi connectivity index (χ2v) is 5.12. The maximum absolute atomic E-state index is 13.2. The van der Waals surface area contributed by atoms with Crippen molar-refractivity contribution in [2.45, 2.75) is 4.90 Å². The number of hydrogen-bond acceptors (Lipinski definition) is 5. The molecule has 1 aromatic heterocycles. The average molecular weight is 267 g/mol. The number of rotatable bonds is 1. The van der Waals surface area contributed by atoms with Crippen LogP contribution in [0.5, 0.6) is 5.75 Å². The first-order valence-corrected chi connectivity index (χ1v) is 6.39. The highest BCUT2D eigenvalue weighted by Gasteiger charge is 2.29. The van der Waals surface area contributed by atoms with Crippen LogP contribution in [0.4, 0.5) is 3.89 Å². The molecule has 18 heavy (non-hydrogen) atoms. The van der Waals surface area contributed by atoms with Crippen molar-refractivity contribution < 1.29 is 21.8 Å². The predicted molar refractivity (Wildman–Crippen MR) is 59.9 cm³/mol. The molecule has 0 fully saturated rings. The summed E-state index contributed by atoms with van der Waals surface area (Å²) in [7, 11) is -4.92. The third-order valence-electron chi connectivity index (χ3n) is 2.72. The molecule has 1 aliphatic rings. The standard InChI is InChI=1S/C11H6FNO4S/c12-18(15,16)9-4-7-8(14)5-17-11(7)10-6(9)2-1-3-13-10/h1-4H,5H2. The van der Waals surface area contributed by atoms with Gasteiger partial charge in [-0.3, -0.25) is 9.78 Å². The summed E-state index contributed by atoms with van der Waals surface area (Å²) in [6.45, 7) is -0.184. The van der Waals surface area contributed by atoms with Crippen molar-refractivity contribution in [2.75, 3.05) is 6.61 Å². The molecule has 0 bridgehead atoms. The highest BCUT2D eigenvalue weighted by atomic mass is 32.3. The van der Waals surface area contributed by atoms with Crippen LogP contribution in [-0.2, 0) is 10.2 Å². The van der Waals surface area contributed by atoms with Crippen molar-refractivity contribution >= 4 is 26.9 Å². The number of carbonyl (C=O) groups is 1. The van der Waals surface area contributed by atoms with Gasteiger partial charge in [-0.15, -0.1) is 3.89 Å². The van der Waals surface area contributed by atoms with E-state index >= 15 is 0 Å². The first-order valence-electron chi connectivity index (χ1n) is 5.01.